The highest BCUT2D eigenvalue weighted by atomic mass is 32.2. The van der Waals surface area contributed by atoms with Gasteiger partial charge in [-0.3, -0.25) is 0 Å². The van der Waals surface area contributed by atoms with Gasteiger partial charge in [-0.1, -0.05) is 0 Å². The summed E-state index contributed by atoms with van der Waals surface area (Å²) in [4.78, 5) is 27.2. The van der Waals surface area contributed by atoms with Crippen LogP contribution in [0, 0.1) is 11.3 Å². The number of nitriles is 1. The third-order valence-corrected chi connectivity index (χ3v) is 5.12. The number of fused-ring (bicyclic) bond motifs is 1. The number of hydrogen-bond acceptors (Lipinski definition) is 7. The Morgan fingerprint density at radius 1 is 1.07 bits per heavy atom. The fourth-order valence-corrected chi connectivity index (χ4v) is 3.48. The van der Waals surface area contributed by atoms with Crippen molar-refractivity contribution in [2.75, 3.05) is 24.2 Å². The SMILES string of the molecule is CCN(CC)c1ccc2cc(-c3cc(SC)c(C#N)c(=O)o3)c(=O)oc2c1. The molecule has 0 N–H and O–H groups in total. The molecule has 3 aromatic rings. The molecule has 0 unspecified atom stereocenters. The highest BCUT2D eigenvalue weighted by molar-refractivity contribution is 7.98. The normalized spacial score (nSPS) is 10.7. The number of benzene rings is 1. The molecule has 1 aromatic carbocycles. The summed E-state index contributed by atoms with van der Waals surface area (Å²) in [6.07, 6.45) is 1.75. The Labute approximate surface area is 160 Å². The van der Waals surface area contributed by atoms with E-state index in [1.165, 1.54) is 17.8 Å². The molecule has 138 valence electrons. The first-order valence-electron chi connectivity index (χ1n) is 8.47. The lowest BCUT2D eigenvalue weighted by atomic mass is 10.1. The van der Waals surface area contributed by atoms with Crippen LogP contribution < -0.4 is 16.2 Å². The second kappa shape index (κ2) is 7.72. The highest BCUT2D eigenvalue weighted by Crippen LogP contribution is 2.27. The van der Waals surface area contributed by atoms with Crippen molar-refractivity contribution in [2.24, 2.45) is 0 Å². The van der Waals surface area contributed by atoms with Gasteiger partial charge in [-0.05, 0) is 44.4 Å². The molecule has 2 heterocycles. The quantitative estimate of drug-likeness (QED) is 0.489. The standard InChI is InChI=1S/C20H18N2O4S/c1-4-22(5-2)13-7-6-12-8-14(19(23)25-16(12)9-13)17-10-18(27-3)15(11-21)20(24)26-17/h6-10H,4-5H2,1-3H3. The number of thioether (sulfide) groups is 1. The highest BCUT2D eigenvalue weighted by Gasteiger charge is 2.16. The van der Waals surface area contributed by atoms with Crippen LogP contribution in [0.4, 0.5) is 5.69 Å². The molecule has 0 atom stereocenters. The van der Waals surface area contributed by atoms with E-state index in [1.54, 1.807) is 12.3 Å². The molecule has 0 spiro atoms. The van der Waals surface area contributed by atoms with Crippen molar-refractivity contribution < 1.29 is 8.83 Å². The number of anilines is 1. The summed E-state index contributed by atoms with van der Waals surface area (Å²) in [5.74, 6) is 0.0896. The molecule has 0 fully saturated rings. The van der Waals surface area contributed by atoms with Gasteiger partial charge < -0.3 is 13.7 Å². The zero-order chi connectivity index (χ0) is 19.6. The molecule has 0 radical (unpaired) electrons. The van der Waals surface area contributed by atoms with E-state index in [0.29, 0.717) is 10.5 Å². The van der Waals surface area contributed by atoms with Gasteiger partial charge in [0.15, 0.2) is 5.56 Å². The predicted octanol–water partition coefficient (Wildman–Crippen LogP) is 3.85. The Bertz CT molecular complexity index is 1150. The van der Waals surface area contributed by atoms with Gasteiger partial charge in [-0.2, -0.15) is 5.26 Å². The first kappa shape index (κ1) is 18.8. The molecule has 0 aliphatic rings. The van der Waals surface area contributed by atoms with Crippen molar-refractivity contribution >= 4 is 28.4 Å². The van der Waals surface area contributed by atoms with Crippen LogP contribution in [0.5, 0.6) is 0 Å². The van der Waals surface area contributed by atoms with E-state index in [0.717, 1.165) is 24.2 Å². The molecule has 0 aliphatic carbocycles. The predicted molar refractivity (Wildman–Crippen MR) is 107 cm³/mol. The summed E-state index contributed by atoms with van der Waals surface area (Å²) < 4.78 is 10.7. The zero-order valence-electron chi connectivity index (χ0n) is 15.2. The largest absolute Gasteiger partial charge is 0.422 e. The molecule has 2 aromatic heterocycles. The van der Waals surface area contributed by atoms with Gasteiger partial charge in [0.05, 0.1) is 0 Å². The maximum atomic E-state index is 12.5. The van der Waals surface area contributed by atoms with E-state index >= 15 is 0 Å². The van der Waals surface area contributed by atoms with E-state index < -0.39 is 11.3 Å². The molecular formula is C20H18N2O4S. The minimum Gasteiger partial charge on any atom is -0.422 e. The Morgan fingerprint density at radius 3 is 2.44 bits per heavy atom. The lowest BCUT2D eigenvalue weighted by molar-refractivity contribution is 0.509. The average Bonchev–Trinajstić information content (AvgIpc) is 2.67. The van der Waals surface area contributed by atoms with Crippen molar-refractivity contribution in [3.05, 3.63) is 56.7 Å². The average molecular weight is 382 g/mol. The molecule has 0 aliphatic heterocycles. The summed E-state index contributed by atoms with van der Waals surface area (Å²) in [7, 11) is 0. The molecule has 7 heteroatoms. The Morgan fingerprint density at radius 2 is 1.81 bits per heavy atom. The van der Waals surface area contributed by atoms with Crippen molar-refractivity contribution in [3.63, 3.8) is 0 Å². The van der Waals surface area contributed by atoms with E-state index in [-0.39, 0.29) is 16.9 Å². The van der Waals surface area contributed by atoms with Gasteiger partial charge in [-0.15, -0.1) is 11.8 Å². The summed E-state index contributed by atoms with van der Waals surface area (Å²) in [6, 6.07) is 10.7. The molecule has 0 saturated heterocycles. The number of nitrogens with zero attached hydrogens (tertiary/aromatic N) is 2. The topological polar surface area (TPSA) is 87.5 Å². The van der Waals surface area contributed by atoms with Gasteiger partial charge in [0.2, 0.25) is 0 Å². The fourth-order valence-electron chi connectivity index (χ4n) is 2.92. The van der Waals surface area contributed by atoms with Crippen molar-refractivity contribution in [3.8, 4) is 17.4 Å². The molecule has 3 rings (SSSR count). The number of rotatable bonds is 5. The van der Waals surface area contributed by atoms with Crippen LogP contribution in [-0.4, -0.2) is 19.3 Å². The van der Waals surface area contributed by atoms with E-state index in [1.807, 2.05) is 24.3 Å². The van der Waals surface area contributed by atoms with Crippen LogP contribution in [0.15, 0.2) is 53.7 Å². The van der Waals surface area contributed by atoms with Crippen LogP contribution in [-0.2, 0) is 0 Å². The van der Waals surface area contributed by atoms with Crippen LogP contribution >= 0.6 is 11.8 Å². The van der Waals surface area contributed by atoms with Gasteiger partial charge in [0.25, 0.3) is 0 Å². The van der Waals surface area contributed by atoms with Crippen LogP contribution in [0.2, 0.25) is 0 Å². The zero-order valence-corrected chi connectivity index (χ0v) is 16.1. The van der Waals surface area contributed by atoms with E-state index in [2.05, 4.69) is 18.7 Å². The van der Waals surface area contributed by atoms with Gasteiger partial charge in [0.1, 0.15) is 23.0 Å². The molecule has 0 bridgehead atoms. The smallest absolute Gasteiger partial charge is 0.355 e. The maximum Gasteiger partial charge on any atom is 0.355 e. The Kier molecular flexibility index (Phi) is 5.38. The van der Waals surface area contributed by atoms with E-state index in [9.17, 15) is 9.59 Å². The first-order valence-corrected chi connectivity index (χ1v) is 9.70. The third kappa shape index (κ3) is 3.49. The molecule has 0 saturated carbocycles. The molecule has 6 nitrogen and oxygen atoms in total. The van der Waals surface area contributed by atoms with Crippen LogP contribution in [0.25, 0.3) is 22.3 Å². The molecule has 0 amide bonds. The summed E-state index contributed by atoms with van der Waals surface area (Å²) >= 11 is 1.24. The molecule has 27 heavy (non-hydrogen) atoms. The second-order valence-corrected chi connectivity index (χ2v) is 6.64. The monoisotopic (exact) mass is 382 g/mol. The number of hydrogen-bond donors (Lipinski definition) is 0. The van der Waals surface area contributed by atoms with Crippen molar-refractivity contribution in [1.29, 1.82) is 5.26 Å². The first-order chi connectivity index (χ1) is 13.0. The van der Waals surface area contributed by atoms with E-state index in [4.69, 9.17) is 14.1 Å². The molecular weight excluding hydrogens is 364 g/mol. The Balaban J connectivity index is 2.17. The second-order valence-electron chi connectivity index (χ2n) is 5.80. The van der Waals surface area contributed by atoms with Crippen molar-refractivity contribution in [1.82, 2.24) is 0 Å². The fraction of sp³-hybridized carbons (Fsp3) is 0.250. The van der Waals surface area contributed by atoms with Gasteiger partial charge in [0, 0.05) is 35.1 Å². The minimum atomic E-state index is -0.768. The third-order valence-electron chi connectivity index (χ3n) is 4.36. The maximum absolute atomic E-state index is 12.5. The summed E-state index contributed by atoms with van der Waals surface area (Å²) in [5.41, 5.74) is 0.150. The van der Waals surface area contributed by atoms with Crippen LogP contribution in [0.1, 0.15) is 19.4 Å². The lowest BCUT2D eigenvalue weighted by Crippen LogP contribution is -2.21. The van der Waals surface area contributed by atoms with Crippen molar-refractivity contribution in [2.45, 2.75) is 18.7 Å². The van der Waals surface area contributed by atoms with Gasteiger partial charge in [-0.25, -0.2) is 9.59 Å². The Hall–Kier alpha value is -2.98. The summed E-state index contributed by atoms with van der Waals surface area (Å²) in [6.45, 7) is 5.81. The minimum absolute atomic E-state index is 0.0692. The van der Waals surface area contributed by atoms with Crippen LogP contribution in [0.3, 0.4) is 0 Å². The van der Waals surface area contributed by atoms with Gasteiger partial charge >= 0.3 is 11.3 Å². The lowest BCUT2D eigenvalue weighted by Gasteiger charge is -2.21. The summed E-state index contributed by atoms with van der Waals surface area (Å²) in [5, 5.41) is 9.81.